The molecule has 0 aliphatic rings. The van der Waals surface area contributed by atoms with Gasteiger partial charge in [0.1, 0.15) is 7.11 Å². The number of hydrogen-bond donors (Lipinski definition) is 1. The fraction of sp³-hybridized carbons (Fsp3) is 0.429. The number of carbonyl (C=O) groups is 1. The fourth-order valence-electron chi connectivity index (χ4n) is 1.70. The zero-order valence-electron chi connectivity index (χ0n) is 11.8. The van der Waals surface area contributed by atoms with Gasteiger partial charge in [-0.3, -0.25) is 4.79 Å². The van der Waals surface area contributed by atoms with Crippen LogP contribution in [-0.2, 0) is 4.84 Å². The van der Waals surface area contributed by atoms with Gasteiger partial charge in [0, 0.05) is 19.2 Å². The minimum atomic E-state index is -0.907. The number of aliphatic hydroxyl groups is 1. The Bertz CT molecular complexity index is 447. The summed E-state index contributed by atoms with van der Waals surface area (Å²) in [6.45, 7) is 3.61. The predicted molar refractivity (Wildman–Crippen MR) is 74.3 cm³/mol. The number of benzene rings is 1. The van der Waals surface area contributed by atoms with E-state index in [1.54, 1.807) is 51.4 Å². The summed E-state index contributed by atoms with van der Waals surface area (Å²) in [7, 11) is 3.14. The van der Waals surface area contributed by atoms with Crippen LogP contribution in [0.1, 0.15) is 29.8 Å². The molecule has 0 aliphatic heterocycles. The van der Waals surface area contributed by atoms with Gasteiger partial charge in [-0.2, -0.15) is 0 Å². The largest absolute Gasteiger partial charge is 0.399 e. The standard InChI is InChI=1S/C14H20N2O3/c1-14(2,18)10-16(3)13(17)12-7-5-11(6-8-12)9-15-19-4/h5-9,18H,10H2,1-4H3/b15-9+. The van der Waals surface area contributed by atoms with Crippen molar-refractivity contribution in [3.05, 3.63) is 35.4 Å². The van der Waals surface area contributed by atoms with E-state index in [1.807, 2.05) is 0 Å². The molecule has 0 radical (unpaired) electrons. The monoisotopic (exact) mass is 264 g/mol. The quantitative estimate of drug-likeness (QED) is 0.647. The normalized spacial score (nSPS) is 11.6. The lowest BCUT2D eigenvalue weighted by Gasteiger charge is -2.25. The van der Waals surface area contributed by atoms with Crippen LogP contribution < -0.4 is 0 Å². The summed E-state index contributed by atoms with van der Waals surface area (Å²) in [5.41, 5.74) is 0.514. The van der Waals surface area contributed by atoms with Gasteiger partial charge in [0.05, 0.1) is 11.8 Å². The van der Waals surface area contributed by atoms with Crippen LogP contribution in [0.2, 0.25) is 0 Å². The van der Waals surface area contributed by atoms with Gasteiger partial charge in [-0.05, 0) is 31.5 Å². The first-order chi connectivity index (χ1) is 8.83. The molecule has 0 spiro atoms. The van der Waals surface area contributed by atoms with E-state index in [9.17, 15) is 9.90 Å². The van der Waals surface area contributed by atoms with E-state index in [0.717, 1.165) is 5.56 Å². The van der Waals surface area contributed by atoms with E-state index in [0.29, 0.717) is 5.56 Å². The number of hydrogen-bond acceptors (Lipinski definition) is 4. The zero-order valence-corrected chi connectivity index (χ0v) is 11.8. The van der Waals surface area contributed by atoms with Crippen molar-refractivity contribution < 1.29 is 14.7 Å². The van der Waals surface area contributed by atoms with Crippen molar-refractivity contribution in [3.8, 4) is 0 Å². The summed E-state index contributed by atoms with van der Waals surface area (Å²) in [6.07, 6.45) is 1.56. The number of carbonyl (C=O) groups excluding carboxylic acids is 1. The van der Waals surface area contributed by atoms with Crippen LogP contribution in [0.25, 0.3) is 0 Å². The van der Waals surface area contributed by atoms with Gasteiger partial charge in [0.25, 0.3) is 5.91 Å². The number of rotatable bonds is 5. The third-order valence-electron chi connectivity index (χ3n) is 2.44. The highest BCUT2D eigenvalue weighted by atomic mass is 16.6. The van der Waals surface area contributed by atoms with Gasteiger partial charge in [-0.25, -0.2) is 0 Å². The van der Waals surface area contributed by atoms with Crippen LogP contribution in [0.4, 0.5) is 0 Å². The molecule has 104 valence electrons. The molecule has 0 bridgehead atoms. The van der Waals surface area contributed by atoms with Gasteiger partial charge in [0.2, 0.25) is 0 Å². The fourth-order valence-corrected chi connectivity index (χ4v) is 1.70. The highest BCUT2D eigenvalue weighted by Gasteiger charge is 2.20. The first-order valence-corrected chi connectivity index (χ1v) is 5.98. The second-order valence-corrected chi connectivity index (χ2v) is 5.01. The molecule has 1 N–H and O–H groups in total. The number of likely N-dealkylation sites (N-methyl/N-ethyl adjacent to an activating group) is 1. The van der Waals surface area contributed by atoms with Gasteiger partial charge in [-0.1, -0.05) is 17.3 Å². The predicted octanol–water partition coefficient (Wildman–Crippen LogP) is 1.51. The van der Waals surface area contributed by atoms with Crippen molar-refractivity contribution in [2.75, 3.05) is 20.7 Å². The molecule has 0 saturated heterocycles. The number of amides is 1. The van der Waals surface area contributed by atoms with E-state index < -0.39 is 5.60 Å². The molecule has 1 amide bonds. The van der Waals surface area contributed by atoms with Gasteiger partial charge >= 0.3 is 0 Å². The maximum atomic E-state index is 12.1. The molecule has 0 unspecified atom stereocenters. The average molecular weight is 264 g/mol. The smallest absolute Gasteiger partial charge is 0.253 e. The lowest BCUT2D eigenvalue weighted by Crippen LogP contribution is -2.39. The Balaban J connectivity index is 2.75. The second kappa shape index (κ2) is 6.33. The average Bonchev–Trinajstić information content (AvgIpc) is 2.34. The van der Waals surface area contributed by atoms with Crippen molar-refractivity contribution >= 4 is 12.1 Å². The maximum Gasteiger partial charge on any atom is 0.253 e. The van der Waals surface area contributed by atoms with Crippen LogP contribution >= 0.6 is 0 Å². The van der Waals surface area contributed by atoms with Crippen LogP contribution in [-0.4, -0.2) is 48.4 Å². The summed E-state index contributed by atoms with van der Waals surface area (Å²) in [5, 5.41) is 13.3. The van der Waals surface area contributed by atoms with E-state index in [1.165, 1.54) is 12.0 Å². The first-order valence-electron chi connectivity index (χ1n) is 5.98. The van der Waals surface area contributed by atoms with Crippen molar-refractivity contribution in [2.24, 2.45) is 5.16 Å². The minimum absolute atomic E-state index is 0.127. The molecule has 5 heteroatoms. The van der Waals surface area contributed by atoms with Gasteiger partial charge < -0.3 is 14.8 Å². The zero-order chi connectivity index (χ0) is 14.5. The number of nitrogens with zero attached hydrogens (tertiary/aromatic N) is 2. The summed E-state index contributed by atoms with van der Waals surface area (Å²) >= 11 is 0. The Labute approximate surface area is 113 Å². The molecule has 0 aliphatic carbocycles. The molecule has 19 heavy (non-hydrogen) atoms. The van der Waals surface area contributed by atoms with Crippen LogP contribution in [0, 0.1) is 0 Å². The maximum absolute atomic E-state index is 12.1. The Morgan fingerprint density at radius 1 is 1.42 bits per heavy atom. The molecule has 0 heterocycles. The molecule has 0 aromatic heterocycles. The van der Waals surface area contributed by atoms with Crippen LogP contribution in [0.15, 0.2) is 29.4 Å². The summed E-state index contributed by atoms with van der Waals surface area (Å²) in [5.74, 6) is -0.127. The second-order valence-electron chi connectivity index (χ2n) is 5.01. The lowest BCUT2D eigenvalue weighted by molar-refractivity contribution is 0.0368. The summed E-state index contributed by atoms with van der Waals surface area (Å²) in [6, 6.07) is 7.02. The topological polar surface area (TPSA) is 62.1 Å². The van der Waals surface area contributed by atoms with Crippen molar-refractivity contribution in [2.45, 2.75) is 19.4 Å². The van der Waals surface area contributed by atoms with Crippen molar-refractivity contribution in [1.29, 1.82) is 0 Å². The third-order valence-corrected chi connectivity index (χ3v) is 2.44. The summed E-state index contributed by atoms with van der Waals surface area (Å²) < 4.78 is 0. The first kappa shape index (κ1) is 15.2. The SMILES string of the molecule is CO/N=C/c1ccc(C(=O)N(C)CC(C)(C)O)cc1. The summed E-state index contributed by atoms with van der Waals surface area (Å²) in [4.78, 5) is 18.2. The molecule has 0 fully saturated rings. The Morgan fingerprint density at radius 3 is 2.47 bits per heavy atom. The molecular weight excluding hydrogens is 244 g/mol. The van der Waals surface area contributed by atoms with Gasteiger partial charge in [0.15, 0.2) is 0 Å². The molecule has 1 aromatic carbocycles. The van der Waals surface area contributed by atoms with Crippen molar-refractivity contribution in [1.82, 2.24) is 4.90 Å². The highest BCUT2D eigenvalue weighted by Crippen LogP contribution is 2.09. The Kier molecular flexibility index (Phi) is 5.06. The van der Waals surface area contributed by atoms with Gasteiger partial charge in [-0.15, -0.1) is 0 Å². The molecular formula is C14H20N2O3. The van der Waals surface area contributed by atoms with E-state index in [4.69, 9.17) is 0 Å². The van der Waals surface area contributed by atoms with E-state index >= 15 is 0 Å². The van der Waals surface area contributed by atoms with E-state index in [-0.39, 0.29) is 12.5 Å². The van der Waals surface area contributed by atoms with E-state index in [2.05, 4.69) is 9.99 Å². The molecule has 1 rings (SSSR count). The molecule has 1 aromatic rings. The Hall–Kier alpha value is -1.88. The lowest BCUT2D eigenvalue weighted by atomic mass is 10.1. The number of oxime groups is 1. The van der Waals surface area contributed by atoms with Crippen LogP contribution in [0.3, 0.4) is 0 Å². The molecule has 0 saturated carbocycles. The minimum Gasteiger partial charge on any atom is -0.399 e. The van der Waals surface area contributed by atoms with Crippen LogP contribution in [0.5, 0.6) is 0 Å². The molecule has 5 nitrogen and oxygen atoms in total. The highest BCUT2D eigenvalue weighted by molar-refractivity contribution is 5.94. The third kappa shape index (κ3) is 5.09. The molecule has 0 atom stereocenters. The van der Waals surface area contributed by atoms with Crippen molar-refractivity contribution in [3.63, 3.8) is 0 Å². The Morgan fingerprint density at radius 2 is 2.00 bits per heavy atom.